The van der Waals surface area contributed by atoms with Crippen LogP contribution in [0.5, 0.6) is 0 Å². The Labute approximate surface area is 132 Å². The number of piperazine rings is 1. The summed E-state index contributed by atoms with van der Waals surface area (Å²) in [5.74, 6) is 1.48. The van der Waals surface area contributed by atoms with Gasteiger partial charge in [-0.1, -0.05) is 32.6 Å². The summed E-state index contributed by atoms with van der Waals surface area (Å²) in [6.45, 7) is 2.76. The zero-order chi connectivity index (χ0) is 15.2. The van der Waals surface area contributed by atoms with Crippen LogP contribution < -0.4 is 5.32 Å². The van der Waals surface area contributed by atoms with Gasteiger partial charge in [0.15, 0.2) is 0 Å². The van der Waals surface area contributed by atoms with E-state index in [1.165, 1.54) is 19.3 Å². The minimum atomic E-state index is -0.302. The van der Waals surface area contributed by atoms with Crippen molar-refractivity contribution in [2.24, 2.45) is 5.92 Å². The first-order valence-corrected chi connectivity index (χ1v) is 9.68. The van der Waals surface area contributed by atoms with E-state index in [-0.39, 0.29) is 23.9 Å². The Bertz CT molecular complexity index is 369. The fourth-order valence-electron chi connectivity index (χ4n) is 3.64. The zero-order valence-electron chi connectivity index (χ0n) is 13.3. The molecule has 5 heteroatoms. The summed E-state index contributed by atoms with van der Waals surface area (Å²) >= 11 is 1.74. The number of hydrogen-bond donors (Lipinski definition) is 1. The smallest absolute Gasteiger partial charge is 0.245 e. The average molecular weight is 312 g/mol. The van der Waals surface area contributed by atoms with Crippen molar-refractivity contribution in [3.8, 4) is 0 Å². The number of thioether (sulfide) groups is 1. The molecule has 0 aromatic heterocycles. The molecule has 2 fully saturated rings. The van der Waals surface area contributed by atoms with Crippen molar-refractivity contribution < 1.29 is 9.59 Å². The van der Waals surface area contributed by atoms with Gasteiger partial charge in [-0.15, -0.1) is 0 Å². The predicted octanol–water partition coefficient (Wildman–Crippen LogP) is 2.43. The molecule has 2 unspecified atom stereocenters. The fourth-order valence-corrected chi connectivity index (χ4v) is 4.02. The number of carbonyl (C=O) groups excluding carboxylic acids is 2. The lowest BCUT2D eigenvalue weighted by atomic mass is 9.81. The van der Waals surface area contributed by atoms with Gasteiger partial charge in [0.05, 0.1) is 0 Å². The second kappa shape index (κ2) is 8.06. The largest absolute Gasteiger partial charge is 0.342 e. The van der Waals surface area contributed by atoms with E-state index in [0.717, 1.165) is 31.4 Å². The standard InChI is InChI=1S/C16H28N2O2S/c1-3-7-13-16(20)18(10-11-21-2)14(15(19)17-13)12-8-5-4-6-9-12/h12-14H,3-11H2,1-2H3,(H,17,19). The lowest BCUT2D eigenvalue weighted by Gasteiger charge is -2.43. The van der Waals surface area contributed by atoms with Gasteiger partial charge in [-0.25, -0.2) is 0 Å². The van der Waals surface area contributed by atoms with Crippen molar-refractivity contribution in [3.63, 3.8) is 0 Å². The molecule has 1 aliphatic carbocycles. The highest BCUT2D eigenvalue weighted by atomic mass is 32.2. The number of rotatable bonds is 6. The van der Waals surface area contributed by atoms with Crippen LogP contribution in [0.3, 0.4) is 0 Å². The van der Waals surface area contributed by atoms with E-state index in [1.54, 1.807) is 11.8 Å². The Morgan fingerprint density at radius 2 is 1.95 bits per heavy atom. The molecule has 4 nitrogen and oxygen atoms in total. The summed E-state index contributed by atoms with van der Waals surface area (Å²) in [6, 6.07) is -0.526. The number of nitrogens with one attached hydrogen (secondary N) is 1. The van der Waals surface area contributed by atoms with Crippen molar-refractivity contribution >= 4 is 23.6 Å². The molecular weight excluding hydrogens is 284 g/mol. The van der Waals surface area contributed by atoms with Crippen LogP contribution in [-0.4, -0.2) is 47.4 Å². The molecule has 1 N–H and O–H groups in total. The maximum atomic E-state index is 12.7. The van der Waals surface area contributed by atoms with Crippen molar-refractivity contribution in [1.82, 2.24) is 10.2 Å². The van der Waals surface area contributed by atoms with Gasteiger partial charge >= 0.3 is 0 Å². The van der Waals surface area contributed by atoms with Gasteiger partial charge in [0, 0.05) is 12.3 Å². The summed E-state index contributed by atoms with van der Waals surface area (Å²) in [5, 5.41) is 2.98. The second-order valence-electron chi connectivity index (χ2n) is 6.22. The van der Waals surface area contributed by atoms with Crippen molar-refractivity contribution in [2.75, 3.05) is 18.6 Å². The molecule has 21 heavy (non-hydrogen) atoms. The van der Waals surface area contributed by atoms with Gasteiger partial charge in [0.25, 0.3) is 0 Å². The predicted molar refractivity (Wildman–Crippen MR) is 87.3 cm³/mol. The van der Waals surface area contributed by atoms with E-state index in [1.807, 2.05) is 11.2 Å². The van der Waals surface area contributed by atoms with E-state index in [2.05, 4.69) is 12.2 Å². The summed E-state index contributed by atoms with van der Waals surface area (Å²) < 4.78 is 0. The molecule has 2 rings (SSSR count). The van der Waals surface area contributed by atoms with Crippen LogP contribution in [0.15, 0.2) is 0 Å². The van der Waals surface area contributed by atoms with Crippen LogP contribution >= 0.6 is 11.8 Å². The van der Waals surface area contributed by atoms with Gasteiger partial charge in [0.1, 0.15) is 12.1 Å². The number of hydrogen-bond acceptors (Lipinski definition) is 3. The molecule has 1 aliphatic heterocycles. The highest BCUT2D eigenvalue weighted by Crippen LogP contribution is 2.31. The molecule has 2 atom stereocenters. The Hall–Kier alpha value is -0.710. The Morgan fingerprint density at radius 3 is 2.57 bits per heavy atom. The number of nitrogens with zero attached hydrogens (tertiary/aromatic N) is 1. The molecule has 0 aromatic carbocycles. The molecule has 0 bridgehead atoms. The molecule has 1 saturated carbocycles. The Kier molecular flexibility index (Phi) is 6.40. The molecule has 0 spiro atoms. The number of amides is 2. The van der Waals surface area contributed by atoms with Crippen molar-refractivity contribution in [1.29, 1.82) is 0 Å². The SMILES string of the molecule is CCCC1NC(=O)C(C2CCCCC2)N(CCSC)C1=O. The van der Waals surface area contributed by atoms with E-state index in [0.29, 0.717) is 12.5 Å². The summed E-state index contributed by atoms with van der Waals surface area (Å²) in [6.07, 6.45) is 9.53. The van der Waals surface area contributed by atoms with Crippen LogP contribution in [-0.2, 0) is 9.59 Å². The Morgan fingerprint density at radius 1 is 1.24 bits per heavy atom. The lowest BCUT2D eigenvalue weighted by molar-refractivity contribution is -0.152. The first-order chi connectivity index (χ1) is 10.2. The van der Waals surface area contributed by atoms with Gasteiger partial charge in [0.2, 0.25) is 11.8 Å². The summed E-state index contributed by atoms with van der Waals surface area (Å²) in [7, 11) is 0. The normalized spacial score (nSPS) is 27.8. The van der Waals surface area contributed by atoms with E-state index in [4.69, 9.17) is 0 Å². The zero-order valence-corrected chi connectivity index (χ0v) is 14.1. The van der Waals surface area contributed by atoms with Gasteiger partial charge < -0.3 is 10.2 Å². The monoisotopic (exact) mass is 312 g/mol. The van der Waals surface area contributed by atoms with Crippen LogP contribution in [0, 0.1) is 5.92 Å². The first-order valence-electron chi connectivity index (χ1n) is 8.28. The molecule has 120 valence electrons. The third-order valence-corrected chi connectivity index (χ3v) is 5.30. The average Bonchev–Trinajstić information content (AvgIpc) is 2.50. The molecule has 2 aliphatic rings. The maximum absolute atomic E-state index is 12.7. The summed E-state index contributed by atoms with van der Waals surface area (Å²) in [5.41, 5.74) is 0. The third-order valence-electron chi connectivity index (χ3n) is 4.71. The van der Waals surface area contributed by atoms with Crippen LogP contribution in [0.1, 0.15) is 51.9 Å². The van der Waals surface area contributed by atoms with Crippen molar-refractivity contribution in [3.05, 3.63) is 0 Å². The van der Waals surface area contributed by atoms with E-state index in [9.17, 15) is 9.59 Å². The molecule has 1 saturated heterocycles. The third kappa shape index (κ3) is 3.93. The van der Waals surface area contributed by atoms with Gasteiger partial charge in [-0.2, -0.15) is 11.8 Å². The van der Waals surface area contributed by atoms with Gasteiger partial charge in [-0.05, 0) is 31.4 Å². The Balaban J connectivity index is 2.14. The minimum absolute atomic E-state index is 0.0843. The van der Waals surface area contributed by atoms with Gasteiger partial charge in [-0.3, -0.25) is 9.59 Å². The van der Waals surface area contributed by atoms with Crippen LogP contribution in [0.2, 0.25) is 0 Å². The van der Waals surface area contributed by atoms with E-state index < -0.39 is 0 Å². The molecular formula is C16H28N2O2S. The van der Waals surface area contributed by atoms with E-state index >= 15 is 0 Å². The lowest BCUT2D eigenvalue weighted by Crippen LogP contribution is -2.65. The topological polar surface area (TPSA) is 49.4 Å². The molecule has 0 aromatic rings. The number of carbonyl (C=O) groups is 2. The maximum Gasteiger partial charge on any atom is 0.245 e. The minimum Gasteiger partial charge on any atom is -0.342 e. The first kappa shape index (κ1) is 16.7. The molecule has 0 radical (unpaired) electrons. The fraction of sp³-hybridized carbons (Fsp3) is 0.875. The molecule has 2 amide bonds. The quantitative estimate of drug-likeness (QED) is 0.819. The van der Waals surface area contributed by atoms with Crippen LogP contribution in [0.4, 0.5) is 0 Å². The molecule has 1 heterocycles. The highest BCUT2D eigenvalue weighted by molar-refractivity contribution is 7.98. The highest BCUT2D eigenvalue weighted by Gasteiger charge is 2.43. The summed E-state index contributed by atoms with van der Waals surface area (Å²) in [4.78, 5) is 27.2. The van der Waals surface area contributed by atoms with Crippen LogP contribution in [0.25, 0.3) is 0 Å². The second-order valence-corrected chi connectivity index (χ2v) is 7.20. The van der Waals surface area contributed by atoms with Crippen molar-refractivity contribution in [2.45, 2.75) is 64.0 Å².